The molecule has 0 unspecified atom stereocenters. The number of benzene rings is 3. The van der Waals surface area contributed by atoms with Gasteiger partial charge in [-0.05, 0) is 66.2 Å². The molecule has 0 saturated heterocycles. The summed E-state index contributed by atoms with van der Waals surface area (Å²) in [5.74, 6) is 0.482. The van der Waals surface area contributed by atoms with Crippen LogP contribution in [0.1, 0.15) is 21.7 Å². The Balaban J connectivity index is 1.57. The smallest absolute Gasteiger partial charge is 0.339 e. The first-order chi connectivity index (χ1) is 17.8. The molecule has 0 radical (unpaired) electrons. The first-order valence-electron chi connectivity index (χ1n) is 11.1. The van der Waals surface area contributed by atoms with Gasteiger partial charge in [-0.2, -0.15) is 8.42 Å². The van der Waals surface area contributed by atoms with Crippen LogP contribution in [0.4, 0.5) is 4.39 Å². The van der Waals surface area contributed by atoms with Gasteiger partial charge in [0.25, 0.3) is 5.91 Å². The van der Waals surface area contributed by atoms with E-state index in [1.165, 1.54) is 32.6 Å². The van der Waals surface area contributed by atoms with Crippen LogP contribution in [0.5, 0.6) is 17.2 Å². The van der Waals surface area contributed by atoms with Crippen LogP contribution in [0.25, 0.3) is 0 Å². The van der Waals surface area contributed by atoms with Crippen molar-refractivity contribution in [3.8, 4) is 17.2 Å². The number of carbonyl (C=O) groups is 1. The lowest BCUT2D eigenvalue weighted by Crippen LogP contribution is -2.30. The van der Waals surface area contributed by atoms with Crippen molar-refractivity contribution in [3.05, 3.63) is 108 Å². The molecule has 0 N–H and O–H groups in total. The minimum absolute atomic E-state index is 0.0726. The van der Waals surface area contributed by atoms with Crippen molar-refractivity contribution in [2.45, 2.75) is 18.0 Å². The normalized spacial score (nSPS) is 11.1. The lowest BCUT2D eigenvalue weighted by molar-refractivity contribution is 0.0710. The van der Waals surface area contributed by atoms with Crippen molar-refractivity contribution in [2.75, 3.05) is 14.2 Å². The largest absolute Gasteiger partial charge is 0.496 e. The van der Waals surface area contributed by atoms with E-state index in [1.54, 1.807) is 47.4 Å². The summed E-state index contributed by atoms with van der Waals surface area (Å²) in [7, 11) is -1.19. The van der Waals surface area contributed by atoms with E-state index < -0.39 is 15.9 Å². The average Bonchev–Trinajstić information content (AvgIpc) is 3.41. The van der Waals surface area contributed by atoms with Crippen LogP contribution in [-0.4, -0.2) is 33.4 Å². The first-order valence-corrected chi connectivity index (χ1v) is 12.5. The lowest BCUT2D eigenvalue weighted by Gasteiger charge is -2.24. The zero-order chi connectivity index (χ0) is 26.4. The van der Waals surface area contributed by atoms with Gasteiger partial charge in [0.15, 0.2) is 0 Å². The lowest BCUT2D eigenvalue weighted by atomic mass is 10.1. The van der Waals surface area contributed by atoms with Crippen LogP contribution >= 0.6 is 0 Å². The van der Waals surface area contributed by atoms with Crippen LogP contribution in [0.3, 0.4) is 0 Å². The van der Waals surface area contributed by atoms with Crippen LogP contribution in [0.15, 0.2) is 94.4 Å². The fourth-order valence-electron chi connectivity index (χ4n) is 3.66. The number of nitrogens with zero attached hydrogens (tertiary/aromatic N) is 1. The zero-order valence-corrected chi connectivity index (χ0v) is 20.9. The summed E-state index contributed by atoms with van der Waals surface area (Å²) in [4.78, 5) is 15.1. The predicted octanol–water partition coefficient (Wildman–Crippen LogP) is 5.05. The van der Waals surface area contributed by atoms with E-state index in [0.717, 1.165) is 24.3 Å². The molecule has 0 atom stereocenters. The predicted molar refractivity (Wildman–Crippen MR) is 132 cm³/mol. The number of hydrogen-bond acceptors (Lipinski definition) is 7. The van der Waals surface area contributed by atoms with Crippen molar-refractivity contribution in [1.29, 1.82) is 0 Å². The molecule has 0 aliphatic carbocycles. The second-order valence-electron chi connectivity index (χ2n) is 7.91. The van der Waals surface area contributed by atoms with Gasteiger partial charge in [0.05, 0.1) is 27.0 Å². The summed E-state index contributed by atoms with van der Waals surface area (Å²) in [6.45, 7) is 0.343. The molecule has 1 amide bonds. The van der Waals surface area contributed by atoms with Crippen LogP contribution in [-0.2, 0) is 23.2 Å². The Morgan fingerprint density at radius 3 is 2.08 bits per heavy atom. The Kier molecular flexibility index (Phi) is 7.78. The maximum atomic E-state index is 13.7. The molecule has 0 aliphatic heterocycles. The quantitative estimate of drug-likeness (QED) is 0.268. The molecule has 0 spiro atoms. The van der Waals surface area contributed by atoms with Crippen LogP contribution in [0, 0.1) is 5.82 Å². The van der Waals surface area contributed by atoms with Gasteiger partial charge in [0.2, 0.25) is 0 Å². The molecule has 37 heavy (non-hydrogen) atoms. The molecule has 1 heterocycles. The molecule has 4 rings (SSSR count). The van der Waals surface area contributed by atoms with E-state index in [-0.39, 0.29) is 35.2 Å². The van der Waals surface area contributed by atoms with Crippen LogP contribution < -0.4 is 13.7 Å². The summed E-state index contributed by atoms with van der Waals surface area (Å²) in [6, 6.07) is 19.2. The van der Waals surface area contributed by atoms with E-state index in [4.69, 9.17) is 18.1 Å². The topological polar surface area (TPSA) is 95.3 Å². The number of carbonyl (C=O) groups excluding carboxylic acids is 1. The fraction of sp³-hybridized carbons (Fsp3) is 0.148. The number of furan rings is 1. The fourth-order valence-corrected chi connectivity index (χ4v) is 4.59. The highest BCUT2D eigenvalue weighted by Gasteiger charge is 2.25. The summed E-state index contributed by atoms with van der Waals surface area (Å²) >= 11 is 0. The van der Waals surface area contributed by atoms with Crippen LogP contribution in [0.2, 0.25) is 0 Å². The van der Waals surface area contributed by atoms with E-state index in [9.17, 15) is 17.6 Å². The second kappa shape index (κ2) is 11.2. The third kappa shape index (κ3) is 6.10. The van der Waals surface area contributed by atoms with E-state index >= 15 is 0 Å². The number of methoxy groups -OCH3 is 2. The molecule has 192 valence electrons. The molecular weight excluding hydrogens is 501 g/mol. The standard InChI is InChI=1S/C27H24FNO7S/c1-33-24-6-3-7-25(34-2)26(24)27(30)29(18-22-5-4-16-35-22)17-19-8-12-21(13-9-19)36-37(31,32)23-14-10-20(28)11-15-23/h3-16H,17-18H2,1-2H3. The minimum Gasteiger partial charge on any atom is -0.496 e. The maximum Gasteiger partial charge on any atom is 0.339 e. The molecule has 3 aromatic carbocycles. The minimum atomic E-state index is -4.14. The summed E-state index contributed by atoms with van der Waals surface area (Å²) in [5.41, 5.74) is 0.977. The van der Waals surface area contributed by atoms with E-state index in [2.05, 4.69) is 0 Å². The highest BCUT2D eigenvalue weighted by Crippen LogP contribution is 2.31. The first kappa shape index (κ1) is 25.8. The summed E-state index contributed by atoms with van der Waals surface area (Å²) in [6.07, 6.45) is 1.52. The molecule has 0 aliphatic rings. The molecule has 1 aromatic heterocycles. The number of ether oxygens (including phenoxy) is 2. The average molecular weight is 526 g/mol. The Morgan fingerprint density at radius 2 is 1.51 bits per heavy atom. The van der Waals surface area contributed by atoms with Gasteiger partial charge in [0, 0.05) is 6.54 Å². The Hall–Kier alpha value is -4.31. The maximum absolute atomic E-state index is 13.7. The molecule has 0 saturated carbocycles. The SMILES string of the molecule is COc1cccc(OC)c1C(=O)N(Cc1ccc(OS(=O)(=O)c2ccc(F)cc2)cc1)Cc1ccco1. The number of rotatable bonds is 10. The Labute approximate surface area is 213 Å². The van der Waals surface area contributed by atoms with Gasteiger partial charge in [-0.1, -0.05) is 18.2 Å². The van der Waals surface area contributed by atoms with Gasteiger partial charge < -0.3 is 23.0 Å². The summed E-state index contributed by atoms with van der Waals surface area (Å²) in [5, 5.41) is 0. The number of halogens is 1. The molecule has 10 heteroatoms. The van der Waals surface area contributed by atoms with Gasteiger partial charge in [-0.25, -0.2) is 4.39 Å². The number of amides is 1. The van der Waals surface area contributed by atoms with Gasteiger partial charge >= 0.3 is 10.1 Å². The third-order valence-corrected chi connectivity index (χ3v) is 6.72. The van der Waals surface area contributed by atoms with Gasteiger partial charge in [0.1, 0.15) is 39.3 Å². The molecule has 4 aromatic rings. The molecule has 0 fully saturated rings. The van der Waals surface area contributed by atoms with E-state index in [1.807, 2.05) is 0 Å². The second-order valence-corrected chi connectivity index (χ2v) is 9.46. The Bertz CT molecular complexity index is 1430. The van der Waals surface area contributed by atoms with E-state index in [0.29, 0.717) is 22.8 Å². The zero-order valence-electron chi connectivity index (χ0n) is 20.1. The third-order valence-electron chi connectivity index (χ3n) is 5.46. The molecule has 0 bridgehead atoms. The highest BCUT2D eigenvalue weighted by atomic mass is 32.2. The summed E-state index contributed by atoms with van der Waals surface area (Å²) < 4.78 is 59.6. The van der Waals surface area contributed by atoms with Gasteiger partial charge in [-0.15, -0.1) is 0 Å². The highest BCUT2D eigenvalue weighted by molar-refractivity contribution is 7.87. The Morgan fingerprint density at radius 1 is 0.865 bits per heavy atom. The number of hydrogen-bond donors (Lipinski definition) is 0. The molecule has 8 nitrogen and oxygen atoms in total. The van der Waals surface area contributed by atoms with Crippen molar-refractivity contribution >= 4 is 16.0 Å². The van der Waals surface area contributed by atoms with Crippen molar-refractivity contribution in [1.82, 2.24) is 4.90 Å². The molecular formula is C27H24FNO7S. The van der Waals surface area contributed by atoms with Crippen molar-refractivity contribution < 1.29 is 35.7 Å². The van der Waals surface area contributed by atoms with Crippen molar-refractivity contribution in [3.63, 3.8) is 0 Å². The van der Waals surface area contributed by atoms with Gasteiger partial charge in [-0.3, -0.25) is 4.79 Å². The van der Waals surface area contributed by atoms with Crippen molar-refractivity contribution in [2.24, 2.45) is 0 Å². The monoisotopic (exact) mass is 525 g/mol.